The van der Waals surface area contributed by atoms with E-state index in [1.165, 1.54) is 23.3 Å². The van der Waals surface area contributed by atoms with Crippen LogP contribution in [0.2, 0.25) is 0 Å². The minimum atomic E-state index is -0.907. The highest BCUT2D eigenvalue weighted by Gasteiger charge is 2.48. The number of aryl methyl sites for hydroxylation is 1. The first-order valence-electron chi connectivity index (χ1n) is 18.4. The van der Waals surface area contributed by atoms with Crippen LogP contribution in [0, 0.1) is 24.2 Å². The molecule has 0 atom stereocenters. The van der Waals surface area contributed by atoms with Gasteiger partial charge < -0.3 is 24.4 Å². The van der Waals surface area contributed by atoms with Crippen LogP contribution in [-0.2, 0) is 14.3 Å². The number of carboxylic acid groups (broad SMARTS) is 1. The number of nitrogens with zero attached hydrogens (tertiary/aromatic N) is 4. The van der Waals surface area contributed by atoms with Crippen LogP contribution >= 0.6 is 0 Å². The lowest BCUT2D eigenvalue weighted by atomic mass is 9.78. The molecule has 1 saturated heterocycles. The van der Waals surface area contributed by atoms with Gasteiger partial charge in [0.05, 0.1) is 19.3 Å². The Labute approximate surface area is 294 Å². The van der Waals surface area contributed by atoms with Gasteiger partial charge in [-0.15, -0.1) is 0 Å². The number of aromatic nitrogens is 2. The Balaban J connectivity index is 1.02. The smallest absolute Gasteiger partial charge is 0.410 e. The summed E-state index contributed by atoms with van der Waals surface area (Å²) in [5.74, 6) is 0.937. The molecule has 0 unspecified atom stereocenters. The Morgan fingerprint density at radius 1 is 0.940 bits per heavy atom. The maximum atomic E-state index is 14.5. The summed E-state index contributed by atoms with van der Waals surface area (Å²) < 4.78 is 13.3. The van der Waals surface area contributed by atoms with Gasteiger partial charge in [-0.05, 0) is 125 Å². The van der Waals surface area contributed by atoms with Crippen molar-refractivity contribution in [2.24, 2.45) is 17.3 Å². The first-order valence-corrected chi connectivity index (χ1v) is 18.4. The van der Waals surface area contributed by atoms with E-state index in [1.54, 1.807) is 14.0 Å². The molecule has 0 spiro atoms. The number of aliphatic carboxylic acids is 1. The molecular weight excluding hydrogens is 632 g/mol. The molecule has 0 bridgehead atoms. The number of carbonyl (C=O) groups excluding carboxylic acids is 2. The molecule has 2 heterocycles. The Kier molecular flexibility index (Phi) is 9.63. The maximum Gasteiger partial charge on any atom is 0.410 e. The lowest BCUT2D eigenvalue weighted by Gasteiger charge is -2.44. The second-order valence-electron chi connectivity index (χ2n) is 15.5. The molecule has 3 aliphatic carbocycles. The van der Waals surface area contributed by atoms with Crippen LogP contribution in [-0.4, -0.2) is 70.6 Å². The minimum absolute atomic E-state index is 0.147. The fraction of sp³-hybridized carbons (Fsp3) is 0.550. The number of rotatable bonds is 10. The Hall–Kier alpha value is -4.34. The van der Waals surface area contributed by atoms with E-state index in [1.807, 2.05) is 17.2 Å². The first kappa shape index (κ1) is 34.1. The quantitative estimate of drug-likeness (QED) is 0.234. The van der Waals surface area contributed by atoms with Crippen molar-refractivity contribution in [1.82, 2.24) is 14.7 Å². The van der Waals surface area contributed by atoms with E-state index in [4.69, 9.17) is 9.47 Å². The second-order valence-corrected chi connectivity index (χ2v) is 15.5. The average molecular weight is 683 g/mol. The van der Waals surface area contributed by atoms with Gasteiger partial charge in [-0.3, -0.25) is 14.3 Å². The maximum absolute atomic E-state index is 14.5. The number of anilines is 1. The van der Waals surface area contributed by atoms with Crippen LogP contribution in [0.5, 0.6) is 5.75 Å². The predicted octanol–water partition coefficient (Wildman–Crippen LogP) is 7.61. The second kappa shape index (κ2) is 14.1. The summed E-state index contributed by atoms with van der Waals surface area (Å²) in [6.45, 7) is 4.75. The zero-order chi connectivity index (χ0) is 35.0. The van der Waals surface area contributed by atoms with E-state index in [0.29, 0.717) is 50.1 Å². The van der Waals surface area contributed by atoms with Gasteiger partial charge >= 0.3 is 12.1 Å². The number of benzene rings is 2. The van der Waals surface area contributed by atoms with Crippen LogP contribution in [0.25, 0.3) is 11.1 Å². The first-order chi connectivity index (χ1) is 24.1. The number of hydrogen-bond acceptors (Lipinski definition) is 6. The fourth-order valence-electron chi connectivity index (χ4n) is 8.22. The summed E-state index contributed by atoms with van der Waals surface area (Å²) in [5, 5.41) is 14.0. The molecule has 2 amide bonds. The zero-order valence-corrected chi connectivity index (χ0v) is 29.6. The molecule has 10 heteroatoms. The van der Waals surface area contributed by atoms with Crippen molar-refractivity contribution in [3.63, 3.8) is 0 Å². The van der Waals surface area contributed by atoms with Crippen molar-refractivity contribution >= 4 is 23.7 Å². The number of likely N-dealkylation sites (tertiary alicyclic amines) is 1. The molecule has 1 N–H and O–H groups in total. The Bertz CT molecular complexity index is 1710. The lowest BCUT2D eigenvalue weighted by molar-refractivity contribution is -0.157. The van der Waals surface area contributed by atoms with Crippen molar-refractivity contribution in [3.05, 3.63) is 66.0 Å². The molecule has 3 aromatic rings. The van der Waals surface area contributed by atoms with E-state index in [9.17, 15) is 19.5 Å². The third-order valence-electron chi connectivity index (χ3n) is 11.6. The molecule has 4 aliphatic rings. The van der Waals surface area contributed by atoms with Gasteiger partial charge in [0, 0.05) is 43.0 Å². The van der Waals surface area contributed by atoms with Crippen LogP contribution in [0.15, 0.2) is 54.9 Å². The molecule has 7 rings (SSSR count). The van der Waals surface area contributed by atoms with E-state index < -0.39 is 17.5 Å². The highest BCUT2D eigenvalue weighted by molar-refractivity contribution is 5.95. The molecule has 3 saturated carbocycles. The standard InChI is InChI=1S/C40H50N4O6/c1-26-19-31(13-18-36(26)49-3)28-9-7-27(8-10-28)22-43(34-6-4-5-30(20-34)32-21-41-44(23-32)33-14-15-33)37(45)29-11-16-35(17-12-29)50-39(48)42-24-40(2,25-42)38(46)47/h4-6,13,18-21,23,27-29,33,35H,7-12,14-17,22,24-25H2,1-3H3,(H,46,47)/t27-,28-,29-,35-. The highest BCUT2D eigenvalue weighted by atomic mass is 16.6. The van der Waals surface area contributed by atoms with Crippen molar-refractivity contribution in [3.8, 4) is 16.9 Å². The zero-order valence-electron chi connectivity index (χ0n) is 29.6. The van der Waals surface area contributed by atoms with Gasteiger partial charge in [-0.25, -0.2) is 4.79 Å². The molecule has 1 aliphatic heterocycles. The van der Waals surface area contributed by atoms with Crippen LogP contribution in [0.3, 0.4) is 0 Å². The molecule has 0 radical (unpaired) electrons. The van der Waals surface area contributed by atoms with E-state index in [0.717, 1.165) is 53.8 Å². The van der Waals surface area contributed by atoms with Gasteiger partial charge in [0.1, 0.15) is 17.3 Å². The van der Waals surface area contributed by atoms with Crippen molar-refractivity contribution in [1.29, 1.82) is 0 Å². The molecule has 10 nitrogen and oxygen atoms in total. The van der Waals surface area contributed by atoms with Crippen LogP contribution in [0.1, 0.15) is 94.2 Å². The third-order valence-corrected chi connectivity index (χ3v) is 11.6. The SMILES string of the molecule is COc1ccc([C@H]2CC[C@H](CN(c3cccc(-c4cnn(C5CC5)c4)c3)C(=O)[C@H]3CC[C@H](OC(=O)N4CC(C)(C(=O)O)C4)CC3)CC2)cc1C. The summed E-state index contributed by atoms with van der Waals surface area (Å²) in [7, 11) is 1.71. The number of carbonyl (C=O) groups is 3. The summed E-state index contributed by atoms with van der Waals surface area (Å²) in [6.07, 6.45) is 12.5. The third kappa shape index (κ3) is 7.25. The molecule has 1 aromatic heterocycles. The van der Waals surface area contributed by atoms with E-state index >= 15 is 0 Å². The van der Waals surface area contributed by atoms with Gasteiger partial charge in [0.2, 0.25) is 5.91 Å². The van der Waals surface area contributed by atoms with Crippen LogP contribution in [0.4, 0.5) is 10.5 Å². The summed E-state index contributed by atoms with van der Waals surface area (Å²) in [5.41, 5.74) is 4.68. The monoisotopic (exact) mass is 682 g/mol. The average Bonchev–Trinajstić information content (AvgIpc) is 3.85. The van der Waals surface area contributed by atoms with E-state index in [2.05, 4.69) is 59.3 Å². The normalized spacial score (nSPS) is 24.6. The minimum Gasteiger partial charge on any atom is -0.496 e. The molecule has 266 valence electrons. The number of methoxy groups -OCH3 is 1. The number of ether oxygens (including phenoxy) is 2. The fourth-order valence-corrected chi connectivity index (χ4v) is 8.22. The summed E-state index contributed by atoms with van der Waals surface area (Å²) in [4.78, 5) is 42.1. The van der Waals surface area contributed by atoms with Crippen molar-refractivity contribution < 1.29 is 29.0 Å². The predicted molar refractivity (Wildman–Crippen MR) is 190 cm³/mol. The van der Waals surface area contributed by atoms with Gasteiger partial charge in [0.15, 0.2) is 0 Å². The molecule has 50 heavy (non-hydrogen) atoms. The van der Waals surface area contributed by atoms with Crippen molar-refractivity contribution in [2.75, 3.05) is 31.6 Å². The van der Waals surface area contributed by atoms with E-state index in [-0.39, 0.29) is 31.0 Å². The lowest BCUT2D eigenvalue weighted by Crippen LogP contribution is -2.61. The Morgan fingerprint density at radius 3 is 2.34 bits per heavy atom. The van der Waals surface area contributed by atoms with Crippen molar-refractivity contribution in [2.45, 2.75) is 96.1 Å². The van der Waals surface area contributed by atoms with Gasteiger partial charge in [-0.2, -0.15) is 5.10 Å². The number of amides is 2. The Morgan fingerprint density at radius 2 is 1.68 bits per heavy atom. The van der Waals surface area contributed by atoms with Gasteiger partial charge in [-0.1, -0.05) is 24.3 Å². The summed E-state index contributed by atoms with van der Waals surface area (Å²) >= 11 is 0. The molecule has 2 aromatic carbocycles. The number of carboxylic acids is 1. The molecular formula is C40H50N4O6. The topological polar surface area (TPSA) is 114 Å². The highest BCUT2D eigenvalue weighted by Crippen LogP contribution is 2.40. The molecule has 4 fully saturated rings. The van der Waals surface area contributed by atoms with Gasteiger partial charge in [0.25, 0.3) is 0 Å². The number of hydrogen-bond donors (Lipinski definition) is 1. The van der Waals surface area contributed by atoms with Crippen LogP contribution < -0.4 is 9.64 Å². The summed E-state index contributed by atoms with van der Waals surface area (Å²) in [6, 6.07) is 15.4. The largest absolute Gasteiger partial charge is 0.496 e.